The average molecular weight is 429 g/mol. The molecule has 7 heteroatoms. The monoisotopic (exact) mass is 428 g/mol. The number of aliphatic hydroxyl groups is 1. The fourth-order valence-corrected chi connectivity index (χ4v) is 5.72. The summed E-state index contributed by atoms with van der Waals surface area (Å²) in [5.74, 6) is 1.82. The van der Waals surface area contributed by atoms with E-state index in [4.69, 9.17) is 0 Å². The molecule has 2 aromatic heterocycles. The Morgan fingerprint density at radius 3 is 2.47 bits per heavy atom. The molecule has 3 aliphatic rings. The van der Waals surface area contributed by atoms with Crippen LogP contribution in [0.1, 0.15) is 45.6 Å². The van der Waals surface area contributed by atoms with E-state index >= 15 is 0 Å². The highest BCUT2D eigenvalue weighted by atomic mass is 16.3. The zero-order chi connectivity index (χ0) is 22.3. The minimum Gasteiger partial charge on any atom is -0.389 e. The normalized spacial score (nSPS) is 29.8. The van der Waals surface area contributed by atoms with E-state index in [1.54, 1.807) is 6.33 Å². The number of nitrogens with zero attached hydrogens (tertiary/aromatic N) is 6. The Labute approximate surface area is 187 Å². The summed E-state index contributed by atoms with van der Waals surface area (Å²) in [7, 11) is 0. The molecule has 3 atom stereocenters. The lowest BCUT2D eigenvalue weighted by molar-refractivity contribution is -0.0504. The van der Waals surface area contributed by atoms with Crippen LogP contribution in [0, 0.1) is 28.6 Å². The van der Waals surface area contributed by atoms with Crippen molar-refractivity contribution in [1.29, 1.82) is 5.26 Å². The van der Waals surface area contributed by atoms with Crippen LogP contribution >= 0.6 is 0 Å². The number of benzene rings is 1. The number of nitriles is 1. The molecular weight excluding hydrogens is 400 g/mol. The maximum atomic E-state index is 10.8. The minimum absolute atomic E-state index is 0.133. The van der Waals surface area contributed by atoms with Crippen LogP contribution in [-0.4, -0.2) is 43.5 Å². The van der Waals surface area contributed by atoms with Gasteiger partial charge in [0.25, 0.3) is 0 Å². The van der Waals surface area contributed by atoms with Gasteiger partial charge in [-0.3, -0.25) is 0 Å². The van der Waals surface area contributed by atoms with Crippen LogP contribution in [-0.2, 0) is 5.41 Å². The Balaban J connectivity index is 1.37. The summed E-state index contributed by atoms with van der Waals surface area (Å²) in [6.45, 7) is 7.58. The molecule has 1 spiro atoms. The van der Waals surface area contributed by atoms with Crippen molar-refractivity contribution in [2.24, 2.45) is 17.3 Å². The Kier molecular flexibility index (Phi) is 3.87. The second-order valence-corrected chi connectivity index (χ2v) is 10.5. The van der Waals surface area contributed by atoms with Crippen molar-refractivity contribution in [3.05, 3.63) is 42.4 Å². The maximum absolute atomic E-state index is 10.8. The van der Waals surface area contributed by atoms with E-state index in [1.807, 2.05) is 23.9 Å². The van der Waals surface area contributed by atoms with Crippen LogP contribution in [0.15, 0.2) is 36.8 Å². The van der Waals surface area contributed by atoms with Crippen LogP contribution < -0.4 is 4.90 Å². The Morgan fingerprint density at radius 1 is 1.09 bits per heavy atom. The fraction of sp³-hybridized carbons (Fsp3) is 0.520. The highest BCUT2D eigenvalue weighted by Crippen LogP contribution is 2.78. The van der Waals surface area contributed by atoms with Gasteiger partial charge in [-0.1, -0.05) is 26.0 Å². The van der Waals surface area contributed by atoms with Gasteiger partial charge in [-0.05, 0) is 43.2 Å². The molecule has 0 radical (unpaired) electrons. The topological polar surface area (TPSA) is 90.9 Å². The number of hydrogen-bond donors (Lipinski definition) is 1. The largest absolute Gasteiger partial charge is 0.389 e. The fourth-order valence-electron chi connectivity index (χ4n) is 5.72. The van der Waals surface area contributed by atoms with Gasteiger partial charge in [0.1, 0.15) is 12.1 Å². The summed E-state index contributed by atoms with van der Waals surface area (Å²) >= 11 is 0. The quantitative estimate of drug-likeness (QED) is 0.685. The minimum atomic E-state index is -0.681. The third-order valence-electron chi connectivity index (χ3n) is 8.66. The third kappa shape index (κ3) is 2.59. The highest BCUT2D eigenvalue weighted by molar-refractivity contribution is 5.82. The lowest BCUT2D eigenvalue weighted by atomic mass is 9.76. The van der Waals surface area contributed by atoms with Crippen molar-refractivity contribution < 1.29 is 5.11 Å². The van der Waals surface area contributed by atoms with Crippen molar-refractivity contribution in [3.63, 3.8) is 0 Å². The molecule has 1 saturated heterocycles. The lowest BCUT2D eigenvalue weighted by Gasteiger charge is -2.46. The zero-order valence-corrected chi connectivity index (χ0v) is 18.8. The molecule has 3 fully saturated rings. The SMILES string of the molecule is C[C@H]1CN(c2cc(-n3ncc4ccc([C@]5(C#N)CC56CC6)cc43)ncn2)C[C@H](C)C1(C)O. The molecule has 6 rings (SSSR count). The Hall–Kier alpha value is -2.98. The molecule has 0 amide bonds. The van der Waals surface area contributed by atoms with E-state index in [0.29, 0.717) is 5.82 Å². The first kappa shape index (κ1) is 19.7. The first-order valence-corrected chi connectivity index (χ1v) is 11.5. The number of fused-ring (bicyclic) bond motifs is 1. The van der Waals surface area contributed by atoms with Crippen LogP contribution in [0.25, 0.3) is 16.7 Å². The molecule has 32 heavy (non-hydrogen) atoms. The maximum Gasteiger partial charge on any atom is 0.159 e. The molecule has 164 valence electrons. The number of rotatable bonds is 3. The predicted octanol–water partition coefficient (Wildman–Crippen LogP) is 3.60. The van der Waals surface area contributed by atoms with Gasteiger partial charge in [0, 0.05) is 36.4 Å². The molecule has 0 bridgehead atoms. The van der Waals surface area contributed by atoms with Crippen LogP contribution in [0.2, 0.25) is 0 Å². The highest BCUT2D eigenvalue weighted by Gasteiger charge is 2.75. The molecule has 3 heterocycles. The molecule has 1 aliphatic heterocycles. The number of aromatic nitrogens is 4. The van der Waals surface area contributed by atoms with E-state index in [9.17, 15) is 10.4 Å². The third-order valence-corrected chi connectivity index (χ3v) is 8.66. The smallest absolute Gasteiger partial charge is 0.159 e. The van der Waals surface area contributed by atoms with Crippen molar-refractivity contribution in [1.82, 2.24) is 19.7 Å². The van der Waals surface area contributed by atoms with Gasteiger partial charge in [-0.25, -0.2) is 14.6 Å². The van der Waals surface area contributed by atoms with Crippen molar-refractivity contribution in [2.45, 2.75) is 51.0 Å². The van der Waals surface area contributed by atoms with Gasteiger partial charge in [0.15, 0.2) is 5.82 Å². The molecule has 0 unspecified atom stereocenters. The predicted molar refractivity (Wildman–Crippen MR) is 121 cm³/mol. The van der Waals surface area contributed by atoms with Gasteiger partial charge in [-0.15, -0.1) is 0 Å². The lowest BCUT2D eigenvalue weighted by Crippen LogP contribution is -2.55. The number of piperidine rings is 1. The number of hydrogen-bond acceptors (Lipinski definition) is 6. The van der Waals surface area contributed by atoms with Crippen LogP contribution in [0.5, 0.6) is 0 Å². The molecule has 2 saturated carbocycles. The van der Waals surface area contributed by atoms with Crippen molar-refractivity contribution in [3.8, 4) is 11.9 Å². The van der Waals surface area contributed by atoms with E-state index in [0.717, 1.165) is 54.6 Å². The van der Waals surface area contributed by atoms with Crippen molar-refractivity contribution >= 4 is 16.7 Å². The van der Waals surface area contributed by atoms with E-state index in [-0.39, 0.29) is 22.7 Å². The Morgan fingerprint density at radius 2 is 1.81 bits per heavy atom. The average Bonchev–Trinajstić information content (AvgIpc) is 3.66. The van der Waals surface area contributed by atoms with E-state index in [1.165, 1.54) is 0 Å². The number of anilines is 1. The summed E-state index contributed by atoms with van der Waals surface area (Å²) in [5, 5.41) is 26.3. The molecule has 2 aliphatic carbocycles. The molecule has 7 nitrogen and oxygen atoms in total. The zero-order valence-electron chi connectivity index (χ0n) is 18.8. The molecule has 3 aromatic rings. The van der Waals surface area contributed by atoms with Crippen LogP contribution in [0.4, 0.5) is 5.82 Å². The summed E-state index contributed by atoms with van der Waals surface area (Å²) in [6.07, 6.45) is 6.73. The second kappa shape index (κ2) is 6.29. The standard InChI is InChI=1S/C25H28N6O/c1-16-11-30(12-17(2)23(16,3)32)21-9-22(28-15-27-21)31-20-8-19(5-4-18(20)10-29-31)25(14-26)13-24(25)6-7-24/h4-5,8-10,15-17,32H,6-7,11-13H2,1-3H3/t16-,17-,25+/m0/s1. The first-order chi connectivity index (χ1) is 15.3. The second-order valence-electron chi connectivity index (χ2n) is 10.5. The van der Waals surface area contributed by atoms with E-state index in [2.05, 4.69) is 58.1 Å². The molecule has 1 aromatic carbocycles. The summed E-state index contributed by atoms with van der Waals surface area (Å²) in [6, 6.07) is 10.9. The van der Waals surface area contributed by atoms with Gasteiger partial charge in [-0.2, -0.15) is 10.4 Å². The van der Waals surface area contributed by atoms with Crippen molar-refractivity contribution in [2.75, 3.05) is 18.0 Å². The van der Waals surface area contributed by atoms with Gasteiger partial charge >= 0.3 is 0 Å². The molecule has 1 N–H and O–H groups in total. The van der Waals surface area contributed by atoms with E-state index < -0.39 is 5.60 Å². The summed E-state index contributed by atoms with van der Waals surface area (Å²) in [5.41, 5.74) is 1.28. The van der Waals surface area contributed by atoms with Crippen LogP contribution in [0.3, 0.4) is 0 Å². The van der Waals surface area contributed by atoms with Gasteiger partial charge in [0.2, 0.25) is 0 Å². The first-order valence-electron chi connectivity index (χ1n) is 11.5. The Bertz CT molecular complexity index is 1250. The van der Waals surface area contributed by atoms with Gasteiger partial charge in [0.05, 0.1) is 28.8 Å². The molecular formula is C25H28N6O. The van der Waals surface area contributed by atoms with Gasteiger partial charge < -0.3 is 10.0 Å². The summed E-state index contributed by atoms with van der Waals surface area (Å²) in [4.78, 5) is 11.3. The summed E-state index contributed by atoms with van der Waals surface area (Å²) < 4.78 is 1.85.